The molecular formula is C25H25N3O2S. The van der Waals surface area contributed by atoms with Gasteiger partial charge in [0.1, 0.15) is 0 Å². The second-order valence-corrected chi connectivity index (χ2v) is 8.15. The van der Waals surface area contributed by atoms with Crippen LogP contribution in [0.25, 0.3) is 28.1 Å². The molecule has 158 valence electrons. The number of rotatable bonds is 6. The molecule has 6 heteroatoms. The lowest BCUT2D eigenvalue weighted by atomic mass is 10.1. The number of ether oxygens (including phenoxy) is 1. The topological polar surface area (TPSA) is 49.0 Å². The van der Waals surface area contributed by atoms with Gasteiger partial charge < -0.3 is 9.30 Å². The second kappa shape index (κ2) is 8.86. The van der Waals surface area contributed by atoms with E-state index in [1.807, 2.05) is 45.4 Å². The Labute approximate surface area is 186 Å². The summed E-state index contributed by atoms with van der Waals surface area (Å²) in [4.78, 5) is 13.8. The Morgan fingerprint density at radius 1 is 1.06 bits per heavy atom. The van der Waals surface area contributed by atoms with Gasteiger partial charge in [-0.3, -0.25) is 4.68 Å². The molecule has 4 rings (SSSR count). The van der Waals surface area contributed by atoms with Crippen molar-refractivity contribution in [3.8, 4) is 28.1 Å². The molecule has 0 aliphatic rings. The molecule has 0 aliphatic carbocycles. The molecule has 2 heterocycles. The van der Waals surface area contributed by atoms with Gasteiger partial charge in [-0.15, -0.1) is 11.8 Å². The van der Waals surface area contributed by atoms with E-state index in [1.54, 1.807) is 16.4 Å². The quantitative estimate of drug-likeness (QED) is 0.288. The largest absolute Gasteiger partial charge is 0.462 e. The molecule has 4 aromatic rings. The first kappa shape index (κ1) is 21.0. The van der Waals surface area contributed by atoms with E-state index >= 15 is 0 Å². The van der Waals surface area contributed by atoms with Crippen molar-refractivity contribution in [2.75, 3.05) is 12.9 Å². The lowest BCUT2D eigenvalue weighted by Crippen LogP contribution is -2.07. The Morgan fingerprint density at radius 2 is 1.81 bits per heavy atom. The lowest BCUT2D eigenvalue weighted by Gasteiger charge is -2.14. The van der Waals surface area contributed by atoms with Crippen LogP contribution in [0.4, 0.5) is 0 Å². The maximum atomic E-state index is 12.6. The van der Waals surface area contributed by atoms with Crippen LogP contribution in [-0.4, -0.2) is 33.2 Å². The molecule has 0 bridgehead atoms. The monoisotopic (exact) mass is 431 g/mol. The molecule has 0 amide bonds. The first-order chi connectivity index (χ1) is 15.0. The van der Waals surface area contributed by atoms with E-state index in [1.165, 1.54) is 4.90 Å². The first-order valence-corrected chi connectivity index (χ1v) is 11.4. The maximum Gasteiger partial charge on any atom is 0.339 e. The molecule has 0 saturated heterocycles. The van der Waals surface area contributed by atoms with E-state index in [-0.39, 0.29) is 5.97 Å². The van der Waals surface area contributed by atoms with E-state index in [0.29, 0.717) is 12.2 Å². The number of hydrogen-bond donors (Lipinski definition) is 0. The van der Waals surface area contributed by atoms with Gasteiger partial charge in [-0.2, -0.15) is 5.10 Å². The average molecular weight is 432 g/mol. The van der Waals surface area contributed by atoms with Crippen LogP contribution in [0.5, 0.6) is 0 Å². The van der Waals surface area contributed by atoms with E-state index in [9.17, 15) is 4.79 Å². The van der Waals surface area contributed by atoms with Crippen molar-refractivity contribution in [3.05, 3.63) is 78.2 Å². The molecule has 0 spiro atoms. The Kier molecular flexibility index (Phi) is 6.00. The molecule has 5 nitrogen and oxygen atoms in total. The number of benzene rings is 2. The zero-order valence-electron chi connectivity index (χ0n) is 18.1. The predicted octanol–water partition coefficient (Wildman–Crippen LogP) is 5.75. The van der Waals surface area contributed by atoms with Gasteiger partial charge in [0.25, 0.3) is 0 Å². The van der Waals surface area contributed by atoms with Crippen molar-refractivity contribution >= 4 is 17.7 Å². The van der Waals surface area contributed by atoms with Gasteiger partial charge in [0.15, 0.2) is 0 Å². The van der Waals surface area contributed by atoms with E-state index in [4.69, 9.17) is 4.74 Å². The highest BCUT2D eigenvalue weighted by Crippen LogP contribution is 2.32. The zero-order valence-corrected chi connectivity index (χ0v) is 18.9. The van der Waals surface area contributed by atoms with E-state index < -0.39 is 0 Å². The van der Waals surface area contributed by atoms with E-state index in [0.717, 1.165) is 33.8 Å². The van der Waals surface area contributed by atoms with Crippen LogP contribution in [0.1, 0.15) is 23.0 Å². The summed E-state index contributed by atoms with van der Waals surface area (Å²) in [5, 5.41) is 4.25. The normalized spacial score (nSPS) is 11.0. The minimum Gasteiger partial charge on any atom is -0.462 e. The zero-order chi connectivity index (χ0) is 22.0. The lowest BCUT2D eigenvalue weighted by molar-refractivity contribution is 0.0525. The molecule has 0 fully saturated rings. The Bertz CT molecular complexity index is 1220. The summed E-state index contributed by atoms with van der Waals surface area (Å²) in [7, 11) is 1.91. The molecule has 0 saturated carbocycles. The van der Waals surface area contributed by atoms with Crippen molar-refractivity contribution in [1.29, 1.82) is 0 Å². The fourth-order valence-corrected chi connectivity index (χ4v) is 4.17. The van der Waals surface area contributed by atoms with Crippen molar-refractivity contribution in [3.63, 3.8) is 0 Å². The molecule has 0 radical (unpaired) electrons. The first-order valence-electron chi connectivity index (χ1n) is 10.1. The summed E-state index contributed by atoms with van der Waals surface area (Å²) in [5.41, 5.74) is 6.62. The fraction of sp³-hybridized carbons (Fsp3) is 0.200. The number of aromatic nitrogens is 3. The molecule has 2 aromatic carbocycles. The number of nitrogens with zero attached hydrogens (tertiary/aromatic N) is 3. The maximum absolute atomic E-state index is 12.6. The van der Waals surface area contributed by atoms with Gasteiger partial charge in [-0.05, 0) is 55.5 Å². The predicted molar refractivity (Wildman–Crippen MR) is 126 cm³/mol. The van der Waals surface area contributed by atoms with Crippen LogP contribution in [0.15, 0.2) is 71.9 Å². The number of hydrogen-bond acceptors (Lipinski definition) is 4. The van der Waals surface area contributed by atoms with Crippen LogP contribution < -0.4 is 0 Å². The molecule has 0 N–H and O–H groups in total. The molecule has 0 atom stereocenters. The van der Waals surface area contributed by atoms with Gasteiger partial charge in [-0.25, -0.2) is 4.79 Å². The molecule has 31 heavy (non-hydrogen) atoms. The summed E-state index contributed by atoms with van der Waals surface area (Å²) < 4.78 is 9.23. The molecule has 2 aromatic heterocycles. The summed E-state index contributed by atoms with van der Waals surface area (Å²) in [6.07, 6.45) is 5.91. The van der Waals surface area contributed by atoms with Crippen LogP contribution in [-0.2, 0) is 11.8 Å². The third-order valence-corrected chi connectivity index (χ3v) is 6.00. The van der Waals surface area contributed by atoms with Gasteiger partial charge in [0.2, 0.25) is 0 Å². The van der Waals surface area contributed by atoms with Crippen LogP contribution in [0.3, 0.4) is 0 Å². The van der Waals surface area contributed by atoms with Crippen molar-refractivity contribution in [1.82, 2.24) is 14.3 Å². The van der Waals surface area contributed by atoms with Crippen molar-refractivity contribution in [2.24, 2.45) is 7.05 Å². The van der Waals surface area contributed by atoms with Crippen LogP contribution in [0, 0.1) is 6.92 Å². The van der Waals surface area contributed by atoms with Crippen molar-refractivity contribution < 1.29 is 9.53 Å². The van der Waals surface area contributed by atoms with Crippen LogP contribution in [0.2, 0.25) is 0 Å². The van der Waals surface area contributed by atoms with Gasteiger partial charge in [0.05, 0.1) is 24.1 Å². The summed E-state index contributed by atoms with van der Waals surface area (Å²) in [5.74, 6) is -0.298. The highest BCUT2D eigenvalue weighted by Gasteiger charge is 2.20. The smallest absolute Gasteiger partial charge is 0.339 e. The van der Waals surface area contributed by atoms with Crippen LogP contribution >= 0.6 is 11.8 Å². The summed E-state index contributed by atoms with van der Waals surface area (Å²) in [6, 6.07) is 18.6. The molecule has 0 unspecified atom stereocenters. The standard InChI is InChI=1S/C25H25N3O2S/c1-5-30-25(29)23-14-24(28(17(23)2)21-7-6-8-22(13-21)31-4)19-11-9-18(10-12-19)20-15-26-27(3)16-20/h6-16H,5H2,1-4H3. The van der Waals surface area contributed by atoms with E-state index in [2.05, 4.69) is 58.4 Å². The number of carbonyl (C=O) groups is 1. The number of thioether (sulfide) groups is 1. The Morgan fingerprint density at radius 3 is 2.45 bits per heavy atom. The summed E-state index contributed by atoms with van der Waals surface area (Å²) >= 11 is 1.70. The number of esters is 1. The van der Waals surface area contributed by atoms with Crippen molar-refractivity contribution in [2.45, 2.75) is 18.7 Å². The third kappa shape index (κ3) is 4.16. The highest BCUT2D eigenvalue weighted by atomic mass is 32.2. The summed E-state index contributed by atoms with van der Waals surface area (Å²) in [6.45, 7) is 4.14. The molecule has 0 aliphatic heterocycles. The number of aryl methyl sites for hydroxylation is 1. The second-order valence-electron chi connectivity index (χ2n) is 7.27. The number of carbonyl (C=O) groups excluding carboxylic acids is 1. The SMILES string of the molecule is CCOC(=O)c1cc(-c2ccc(-c3cnn(C)c3)cc2)n(-c2cccc(SC)c2)c1C. The Balaban J connectivity index is 1.84. The fourth-order valence-electron chi connectivity index (χ4n) is 3.72. The third-order valence-electron chi connectivity index (χ3n) is 5.27. The van der Waals surface area contributed by atoms with Gasteiger partial charge in [-0.1, -0.05) is 30.3 Å². The van der Waals surface area contributed by atoms with Gasteiger partial charge >= 0.3 is 5.97 Å². The average Bonchev–Trinajstić information content (AvgIpc) is 3.37. The minimum atomic E-state index is -0.298. The van der Waals surface area contributed by atoms with Gasteiger partial charge in [0, 0.05) is 35.1 Å². The Hall–Kier alpha value is -3.25. The molecular weight excluding hydrogens is 406 g/mol. The minimum absolute atomic E-state index is 0.298. The highest BCUT2D eigenvalue weighted by molar-refractivity contribution is 7.98.